The van der Waals surface area contributed by atoms with Crippen LogP contribution in [0.5, 0.6) is 0 Å². The Morgan fingerprint density at radius 2 is 1.28 bits per heavy atom. The second kappa shape index (κ2) is 10.5. The summed E-state index contributed by atoms with van der Waals surface area (Å²) >= 11 is 5.14. The summed E-state index contributed by atoms with van der Waals surface area (Å²) in [6, 6.07) is 25.0. The van der Waals surface area contributed by atoms with Crippen molar-refractivity contribution in [3.8, 4) is 40.4 Å². The zero-order chi connectivity index (χ0) is 25.2. The van der Waals surface area contributed by atoms with Crippen molar-refractivity contribution in [3.63, 3.8) is 0 Å². The monoisotopic (exact) mass is 530 g/mol. The van der Waals surface area contributed by atoms with E-state index in [-0.39, 0.29) is 6.42 Å². The van der Waals surface area contributed by atoms with Crippen molar-refractivity contribution in [1.82, 2.24) is 0 Å². The summed E-state index contributed by atoms with van der Waals surface area (Å²) in [7, 11) is 0. The first-order valence-corrected chi connectivity index (χ1v) is 14.0. The topological polar surface area (TPSA) is 89.3 Å². The average Bonchev–Trinajstić information content (AvgIpc) is 3.62. The van der Waals surface area contributed by atoms with Gasteiger partial charge >= 0.3 is 5.97 Å². The number of benzene rings is 2. The summed E-state index contributed by atoms with van der Waals surface area (Å²) in [6.07, 6.45) is -0.00466. The first-order valence-electron chi connectivity index (χ1n) is 11.6. The zero-order valence-electron chi connectivity index (χ0n) is 19.8. The lowest BCUT2D eigenvalue weighted by atomic mass is 10.1. The number of hydrogen-bond acceptors (Lipinski definition) is 6. The van der Waals surface area contributed by atoms with E-state index in [1.807, 2.05) is 24.3 Å². The standard InChI is InChI=1S/C29H26N2O2S3/c1-17-10-25(20-6-2-4-18(11-20)15-30)35-28(17)23-8-9-24(34-23)29-22(14-27(32)33)13-26(36-29)21-7-3-5-19(12-21)16-31/h2-13H,14-16,30-31H2,1H3,(H,32,33). The molecule has 5 N–H and O–H groups in total. The predicted molar refractivity (Wildman–Crippen MR) is 154 cm³/mol. The number of carbonyl (C=O) groups is 1. The van der Waals surface area contributed by atoms with Crippen LogP contribution in [0.4, 0.5) is 0 Å². The van der Waals surface area contributed by atoms with Crippen LogP contribution >= 0.6 is 34.0 Å². The molecule has 2 aromatic carbocycles. The third-order valence-electron chi connectivity index (χ3n) is 6.02. The third kappa shape index (κ3) is 5.07. The molecule has 0 bridgehead atoms. The van der Waals surface area contributed by atoms with Gasteiger partial charge in [0, 0.05) is 42.4 Å². The molecule has 0 aliphatic heterocycles. The van der Waals surface area contributed by atoms with Crippen LogP contribution in [0.15, 0.2) is 72.8 Å². The Hall–Kier alpha value is -3.07. The smallest absolute Gasteiger partial charge is 0.307 e. The fourth-order valence-corrected chi connectivity index (χ4v) is 7.90. The van der Waals surface area contributed by atoms with E-state index in [0.717, 1.165) is 36.9 Å². The average molecular weight is 531 g/mol. The van der Waals surface area contributed by atoms with Gasteiger partial charge in [-0.1, -0.05) is 36.4 Å². The highest BCUT2D eigenvalue weighted by molar-refractivity contribution is 7.28. The van der Waals surface area contributed by atoms with Crippen LogP contribution in [-0.2, 0) is 24.3 Å². The number of aliphatic carboxylic acids is 1. The van der Waals surface area contributed by atoms with Gasteiger partial charge in [-0.25, -0.2) is 0 Å². The van der Waals surface area contributed by atoms with Crippen LogP contribution in [0.25, 0.3) is 40.4 Å². The first-order chi connectivity index (χ1) is 17.4. The van der Waals surface area contributed by atoms with Crippen LogP contribution in [0.3, 0.4) is 0 Å². The van der Waals surface area contributed by atoms with Crippen molar-refractivity contribution in [2.24, 2.45) is 11.5 Å². The molecular weight excluding hydrogens is 505 g/mol. The molecule has 36 heavy (non-hydrogen) atoms. The molecule has 0 amide bonds. The fraction of sp³-hybridized carbons (Fsp3) is 0.138. The van der Waals surface area contributed by atoms with Crippen LogP contribution in [0, 0.1) is 6.92 Å². The SMILES string of the molecule is Cc1cc(-c2cccc(CN)c2)sc1-c1ccc(-c2sc(-c3cccc(CN)c3)cc2CC(=O)O)s1. The predicted octanol–water partition coefficient (Wildman–Crippen LogP) is 7.39. The lowest BCUT2D eigenvalue weighted by Gasteiger charge is -2.01. The second-order valence-corrected chi connectivity index (χ2v) is 11.8. The van der Waals surface area contributed by atoms with Gasteiger partial charge in [-0.3, -0.25) is 4.79 Å². The second-order valence-electron chi connectivity index (χ2n) is 8.63. The summed E-state index contributed by atoms with van der Waals surface area (Å²) in [6.45, 7) is 3.14. The van der Waals surface area contributed by atoms with Crippen molar-refractivity contribution in [2.45, 2.75) is 26.4 Å². The molecule has 5 rings (SSSR count). The minimum atomic E-state index is -0.827. The lowest BCUT2D eigenvalue weighted by Crippen LogP contribution is -1.99. The Balaban J connectivity index is 1.51. The highest BCUT2D eigenvalue weighted by atomic mass is 32.1. The Morgan fingerprint density at radius 1 is 0.722 bits per heavy atom. The van der Waals surface area contributed by atoms with Gasteiger partial charge in [-0.15, -0.1) is 34.0 Å². The van der Waals surface area contributed by atoms with Crippen molar-refractivity contribution in [3.05, 3.63) is 95.1 Å². The van der Waals surface area contributed by atoms with Gasteiger partial charge in [-0.2, -0.15) is 0 Å². The normalized spacial score (nSPS) is 11.2. The van der Waals surface area contributed by atoms with Gasteiger partial charge in [0.25, 0.3) is 0 Å². The summed E-state index contributed by atoms with van der Waals surface area (Å²) in [4.78, 5) is 18.5. The van der Waals surface area contributed by atoms with Crippen molar-refractivity contribution in [1.29, 1.82) is 0 Å². The summed E-state index contributed by atoms with van der Waals surface area (Å²) in [5.74, 6) is -0.827. The van der Waals surface area contributed by atoms with E-state index in [0.29, 0.717) is 13.1 Å². The Labute approximate surface area is 222 Å². The van der Waals surface area contributed by atoms with E-state index in [9.17, 15) is 9.90 Å². The van der Waals surface area contributed by atoms with Crippen molar-refractivity contribution < 1.29 is 9.90 Å². The minimum Gasteiger partial charge on any atom is -0.481 e. The molecule has 182 valence electrons. The molecule has 0 aliphatic carbocycles. The Bertz CT molecular complexity index is 1540. The molecule has 0 spiro atoms. The maximum absolute atomic E-state index is 11.6. The molecule has 3 aromatic heterocycles. The highest BCUT2D eigenvalue weighted by Crippen LogP contribution is 2.46. The van der Waals surface area contributed by atoms with E-state index < -0.39 is 5.97 Å². The third-order valence-corrected chi connectivity index (χ3v) is 9.97. The van der Waals surface area contributed by atoms with Gasteiger partial charge in [0.15, 0.2) is 0 Å². The first kappa shape index (κ1) is 24.6. The number of aryl methyl sites for hydroxylation is 1. The van der Waals surface area contributed by atoms with Crippen molar-refractivity contribution >= 4 is 40.0 Å². The number of thiophene rings is 3. The molecule has 0 atom stereocenters. The van der Waals surface area contributed by atoms with Crippen LogP contribution in [0.1, 0.15) is 22.3 Å². The highest BCUT2D eigenvalue weighted by Gasteiger charge is 2.18. The zero-order valence-corrected chi connectivity index (χ0v) is 22.2. The number of rotatable bonds is 8. The quantitative estimate of drug-likeness (QED) is 0.195. The molecule has 0 saturated heterocycles. The Morgan fingerprint density at radius 3 is 1.86 bits per heavy atom. The molecular formula is C29H26N2O2S3. The molecule has 0 radical (unpaired) electrons. The molecule has 0 unspecified atom stereocenters. The maximum Gasteiger partial charge on any atom is 0.307 e. The number of nitrogens with two attached hydrogens (primary N) is 2. The van der Waals surface area contributed by atoms with Gasteiger partial charge in [0.1, 0.15) is 0 Å². The Kier molecular flexibility index (Phi) is 7.18. The van der Waals surface area contributed by atoms with Gasteiger partial charge in [0.2, 0.25) is 0 Å². The lowest BCUT2D eigenvalue weighted by molar-refractivity contribution is -0.136. The fourth-order valence-electron chi connectivity index (χ4n) is 4.23. The van der Waals surface area contributed by atoms with E-state index in [2.05, 4.69) is 55.5 Å². The van der Waals surface area contributed by atoms with Crippen LogP contribution < -0.4 is 11.5 Å². The molecule has 0 fully saturated rings. The summed E-state index contributed by atoms with van der Waals surface area (Å²) in [5, 5.41) is 9.55. The van der Waals surface area contributed by atoms with Gasteiger partial charge < -0.3 is 16.6 Å². The number of carboxylic acids is 1. The number of carboxylic acid groups (broad SMARTS) is 1. The molecule has 5 aromatic rings. The molecule has 3 heterocycles. The van der Waals surface area contributed by atoms with Crippen molar-refractivity contribution in [2.75, 3.05) is 0 Å². The van der Waals surface area contributed by atoms with E-state index in [1.54, 1.807) is 34.0 Å². The summed E-state index contributed by atoms with van der Waals surface area (Å²) in [5.41, 5.74) is 18.2. The van der Waals surface area contributed by atoms with Crippen LogP contribution in [-0.4, -0.2) is 11.1 Å². The van der Waals surface area contributed by atoms with Crippen LogP contribution in [0.2, 0.25) is 0 Å². The van der Waals surface area contributed by atoms with E-state index >= 15 is 0 Å². The molecule has 7 heteroatoms. The van der Waals surface area contributed by atoms with E-state index in [4.69, 9.17) is 11.5 Å². The summed E-state index contributed by atoms with van der Waals surface area (Å²) < 4.78 is 0. The number of hydrogen-bond donors (Lipinski definition) is 3. The van der Waals surface area contributed by atoms with Gasteiger partial charge in [0.05, 0.1) is 6.42 Å². The minimum absolute atomic E-state index is 0.00466. The molecule has 0 aliphatic rings. The molecule has 4 nitrogen and oxygen atoms in total. The molecule has 0 saturated carbocycles. The van der Waals surface area contributed by atoms with Gasteiger partial charge in [-0.05, 0) is 76.7 Å². The maximum atomic E-state index is 11.6. The van der Waals surface area contributed by atoms with E-state index in [1.165, 1.54) is 25.8 Å². The largest absolute Gasteiger partial charge is 0.481 e.